The highest BCUT2D eigenvalue weighted by atomic mass is 32.1. The second-order valence-corrected chi connectivity index (χ2v) is 4.55. The van der Waals surface area contributed by atoms with Gasteiger partial charge < -0.3 is 0 Å². The molecule has 1 aromatic rings. The van der Waals surface area contributed by atoms with Crippen molar-refractivity contribution in [3.63, 3.8) is 0 Å². The van der Waals surface area contributed by atoms with Gasteiger partial charge in [-0.25, -0.2) is 0 Å². The maximum Gasteiger partial charge on any atom is 0.130 e. The molecule has 0 aliphatic heterocycles. The van der Waals surface area contributed by atoms with Crippen LogP contribution >= 0.6 is 11.3 Å². The molecule has 1 heterocycles. The van der Waals surface area contributed by atoms with Crippen molar-refractivity contribution < 1.29 is 4.79 Å². The third-order valence-electron chi connectivity index (χ3n) is 1.99. The molecule has 0 aliphatic rings. The molecule has 1 rings (SSSR count). The fourth-order valence-corrected chi connectivity index (χ4v) is 2.22. The molecular weight excluding hydrogens is 168 g/mol. The van der Waals surface area contributed by atoms with Gasteiger partial charge in [-0.15, -0.1) is 0 Å². The van der Waals surface area contributed by atoms with Crippen molar-refractivity contribution in [3.8, 4) is 0 Å². The fourth-order valence-electron chi connectivity index (χ4n) is 1.37. The van der Waals surface area contributed by atoms with Gasteiger partial charge in [0.25, 0.3) is 0 Å². The lowest BCUT2D eigenvalue weighted by atomic mass is 9.82. The summed E-state index contributed by atoms with van der Waals surface area (Å²) in [4.78, 5) is 11.0. The number of ketones is 1. The molecule has 0 unspecified atom stereocenters. The van der Waals surface area contributed by atoms with Crippen LogP contribution in [-0.4, -0.2) is 5.78 Å². The predicted molar refractivity (Wildman–Crippen MR) is 52.6 cm³/mol. The molecule has 0 N–H and O–H groups in total. The maximum absolute atomic E-state index is 11.0. The molecule has 0 bridgehead atoms. The normalized spacial score (nSPS) is 11.6. The van der Waals surface area contributed by atoms with Crippen LogP contribution < -0.4 is 0 Å². The van der Waals surface area contributed by atoms with Gasteiger partial charge in [0.2, 0.25) is 0 Å². The van der Waals surface area contributed by atoms with E-state index in [-0.39, 0.29) is 11.2 Å². The molecule has 0 spiro atoms. The summed E-state index contributed by atoms with van der Waals surface area (Å²) in [7, 11) is 0. The Kier molecular flexibility index (Phi) is 2.68. The van der Waals surface area contributed by atoms with Gasteiger partial charge in [-0.3, -0.25) is 4.79 Å². The molecule has 0 radical (unpaired) electrons. The zero-order chi connectivity index (χ0) is 9.19. The van der Waals surface area contributed by atoms with Crippen LogP contribution in [0.3, 0.4) is 0 Å². The summed E-state index contributed by atoms with van der Waals surface area (Å²) in [5.41, 5.74) is 1.27. The molecule has 1 nitrogen and oxygen atoms in total. The van der Waals surface area contributed by atoms with Crippen molar-refractivity contribution in [2.45, 2.75) is 32.6 Å². The number of hydrogen-bond acceptors (Lipinski definition) is 2. The first-order chi connectivity index (χ1) is 5.52. The number of Topliss-reactive ketones (excluding diaryl/α,β-unsaturated/α-hetero) is 1. The van der Waals surface area contributed by atoms with Gasteiger partial charge in [-0.1, -0.05) is 13.8 Å². The fraction of sp³-hybridized carbons (Fsp3) is 0.500. The van der Waals surface area contributed by atoms with Crippen LogP contribution in [0.2, 0.25) is 0 Å². The molecule has 0 amide bonds. The van der Waals surface area contributed by atoms with Crippen molar-refractivity contribution in [3.05, 3.63) is 22.4 Å². The summed E-state index contributed by atoms with van der Waals surface area (Å²) >= 11 is 1.68. The van der Waals surface area contributed by atoms with E-state index in [1.165, 1.54) is 5.56 Å². The zero-order valence-corrected chi connectivity index (χ0v) is 8.57. The second-order valence-electron chi connectivity index (χ2n) is 3.77. The highest BCUT2D eigenvalue weighted by Crippen LogP contribution is 2.28. The average molecular weight is 182 g/mol. The Labute approximate surface area is 77.4 Å². The summed E-state index contributed by atoms with van der Waals surface area (Å²) < 4.78 is 0. The Morgan fingerprint density at radius 3 is 2.67 bits per heavy atom. The number of rotatable bonds is 3. The smallest absolute Gasteiger partial charge is 0.130 e. The first-order valence-corrected chi connectivity index (χ1v) is 4.99. The molecule has 0 aromatic carbocycles. The van der Waals surface area contributed by atoms with Crippen LogP contribution in [0.1, 0.15) is 32.8 Å². The maximum atomic E-state index is 11.0. The van der Waals surface area contributed by atoms with Crippen LogP contribution in [0.4, 0.5) is 0 Å². The van der Waals surface area contributed by atoms with Crippen molar-refractivity contribution >= 4 is 17.1 Å². The van der Waals surface area contributed by atoms with Crippen molar-refractivity contribution in [2.24, 2.45) is 0 Å². The van der Waals surface area contributed by atoms with E-state index in [1.54, 1.807) is 18.3 Å². The molecule has 0 saturated carbocycles. The van der Waals surface area contributed by atoms with Gasteiger partial charge in [-0.05, 0) is 34.7 Å². The van der Waals surface area contributed by atoms with Crippen LogP contribution in [0, 0.1) is 0 Å². The topological polar surface area (TPSA) is 17.1 Å². The number of carbonyl (C=O) groups is 1. The molecule has 2 heteroatoms. The third kappa shape index (κ3) is 2.18. The van der Waals surface area contributed by atoms with Gasteiger partial charge in [0.1, 0.15) is 5.78 Å². The second kappa shape index (κ2) is 3.40. The molecule has 12 heavy (non-hydrogen) atoms. The molecule has 66 valence electrons. The van der Waals surface area contributed by atoms with E-state index in [0.29, 0.717) is 6.42 Å². The zero-order valence-electron chi connectivity index (χ0n) is 7.76. The van der Waals surface area contributed by atoms with Crippen LogP contribution in [-0.2, 0) is 10.2 Å². The quantitative estimate of drug-likeness (QED) is 0.702. The van der Waals surface area contributed by atoms with Gasteiger partial charge in [0, 0.05) is 6.42 Å². The average Bonchev–Trinajstić information content (AvgIpc) is 2.32. The van der Waals surface area contributed by atoms with Crippen LogP contribution in [0.5, 0.6) is 0 Å². The minimum atomic E-state index is 0.00579. The Balaban J connectivity index is 2.79. The van der Waals surface area contributed by atoms with Crippen LogP contribution in [0.25, 0.3) is 0 Å². The van der Waals surface area contributed by atoms with Gasteiger partial charge in [0.15, 0.2) is 0 Å². The minimum Gasteiger partial charge on any atom is -0.300 e. The highest BCUT2D eigenvalue weighted by Gasteiger charge is 2.22. The van der Waals surface area contributed by atoms with Gasteiger partial charge >= 0.3 is 0 Å². The largest absolute Gasteiger partial charge is 0.300 e. The standard InChI is InChI=1S/C10H14OS/c1-8(11)6-10(2,3)9-4-5-12-7-9/h4-5,7H,6H2,1-3H3. The Hall–Kier alpha value is -0.630. The number of hydrogen-bond donors (Lipinski definition) is 0. The summed E-state index contributed by atoms with van der Waals surface area (Å²) in [6.07, 6.45) is 0.629. The minimum absolute atomic E-state index is 0.00579. The van der Waals surface area contributed by atoms with Crippen molar-refractivity contribution in [1.29, 1.82) is 0 Å². The van der Waals surface area contributed by atoms with E-state index in [9.17, 15) is 4.79 Å². The lowest BCUT2D eigenvalue weighted by Gasteiger charge is -2.21. The Bertz CT molecular complexity index is 259. The first kappa shape index (κ1) is 9.46. The molecule has 1 aromatic heterocycles. The van der Waals surface area contributed by atoms with Gasteiger partial charge in [0.05, 0.1) is 0 Å². The SMILES string of the molecule is CC(=O)CC(C)(C)c1ccsc1. The lowest BCUT2D eigenvalue weighted by Crippen LogP contribution is -2.19. The number of carbonyl (C=O) groups excluding carboxylic acids is 1. The molecule has 0 aliphatic carbocycles. The van der Waals surface area contributed by atoms with E-state index < -0.39 is 0 Å². The summed E-state index contributed by atoms with van der Waals surface area (Å²) in [6.45, 7) is 5.86. The Morgan fingerprint density at radius 2 is 2.25 bits per heavy atom. The van der Waals surface area contributed by atoms with Crippen molar-refractivity contribution in [2.75, 3.05) is 0 Å². The van der Waals surface area contributed by atoms with E-state index in [1.807, 2.05) is 0 Å². The predicted octanol–water partition coefficient (Wildman–Crippen LogP) is 3.00. The molecule has 0 fully saturated rings. The molecule has 0 saturated heterocycles. The lowest BCUT2D eigenvalue weighted by molar-refractivity contribution is -0.118. The Morgan fingerprint density at radius 1 is 1.58 bits per heavy atom. The van der Waals surface area contributed by atoms with E-state index in [2.05, 4.69) is 30.7 Å². The van der Waals surface area contributed by atoms with Crippen molar-refractivity contribution in [1.82, 2.24) is 0 Å². The third-order valence-corrected chi connectivity index (χ3v) is 2.68. The molecular formula is C10H14OS. The van der Waals surface area contributed by atoms with Crippen LogP contribution in [0.15, 0.2) is 16.8 Å². The van der Waals surface area contributed by atoms with E-state index in [0.717, 1.165) is 0 Å². The summed E-state index contributed by atoms with van der Waals surface area (Å²) in [5.74, 6) is 0.256. The highest BCUT2D eigenvalue weighted by molar-refractivity contribution is 7.08. The first-order valence-electron chi connectivity index (χ1n) is 4.04. The summed E-state index contributed by atoms with van der Waals surface area (Å²) in [5, 5.41) is 4.17. The molecule has 0 atom stereocenters. The summed E-state index contributed by atoms with van der Waals surface area (Å²) in [6, 6.07) is 2.09. The van der Waals surface area contributed by atoms with E-state index >= 15 is 0 Å². The number of thiophene rings is 1. The van der Waals surface area contributed by atoms with Gasteiger partial charge in [-0.2, -0.15) is 11.3 Å². The van der Waals surface area contributed by atoms with E-state index in [4.69, 9.17) is 0 Å². The monoisotopic (exact) mass is 182 g/mol.